The summed E-state index contributed by atoms with van der Waals surface area (Å²) in [4.78, 5) is 12.0. The van der Waals surface area contributed by atoms with E-state index in [0.29, 0.717) is 0 Å². The van der Waals surface area contributed by atoms with Crippen LogP contribution in [0.3, 0.4) is 0 Å². The second-order valence-electron chi connectivity index (χ2n) is 7.98. The fourth-order valence-electron chi connectivity index (χ4n) is 4.12. The van der Waals surface area contributed by atoms with E-state index in [1.165, 1.54) is 0 Å². The van der Waals surface area contributed by atoms with E-state index in [2.05, 4.69) is 35.4 Å². The minimum absolute atomic E-state index is 0.101. The highest BCUT2D eigenvalue weighted by Crippen LogP contribution is 2.38. The van der Waals surface area contributed by atoms with Crippen LogP contribution in [0.2, 0.25) is 0 Å². The minimum atomic E-state index is -1.02. The Morgan fingerprint density at radius 1 is 0.767 bits per heavy atom. The van der Waals surface area contributed by atoms with E-state index < -0.39 is 11.5 Å². The molecule has 0 fully saturated rings. The summed E-state index contributed by atoms with van der Waals surface area (Å²) in [7, 11) is 0. The van der Waals surface area contributed by atoms with E-state index in [9.17, 15) is 9.90 Å². The molecule has 4 aromatic carbocycles. The summed E-state index contributed by atoms with van der Waals surface area (Å²) in [6.45, 7) is 3.77. The van der Waals surface area contributed by atoms with Crippen LogP contribution in [0.4, 0.5) is 11.4 Å². The van der Waals surface area contributed by atoms with Crippen LogP contribution in [-0.2, 0) is 4.79 Å². The molecule has 0 bridgehead atoms. The van der Waals surface area contributed by atoms with Gasteiger partial charge in [-0.1, -0.05) is 60.7 Å². The smallest absolute Gasteiger partial charge is 0.354 e. The summed E-state index contributed by atoms with van der Waals surface area (Å²) < 4.78 is 0. The Morgan fingerprint density at radius 3 is 1.83 bits per heavy atom. The number of aliphatic carboxylic acids is 1. The fraction of sp³-hybridized carbons (Fsp3) is 0.120. The number of hydrazone groups is 1. The highest BCUT2D eigenvalue weighted by Gasteiger charge is 2.46. The maximum absolute atomic E-state index is 12.0. The van der Waals surface area contributed by atoms with Gasteiger partial charge in [-0.3, -0.25) is 5.01 Å². The van der Waals surface area contributed by atoms with Gasteiger partial charge in [0.05, 0.1) is 11.4 Å². The summed E-state index contributed by atoms with van der Waals surface area (Å²) >= 11 is 0. The van der Waals surface area contributed by atoms with E-state index >= 15 is 0 Å². The molecule has 5 heteroatoms. The first-order valence-electron chi connectivity index (χ1n) is 9.85. The minimum Gasteiger partial charge on any atom is -0.477 e. The van der Waals surface area contributed by atoms with Crippen molar-refractivity contribution in [3.63, 3.8) is 0 Å². The van der Waals surface area contributed by atoms with Gasteiger partial charge in [0.15, 0.2) is 5.71 Å². The Balaban J connectivity index is 1.69. The molecule has 0 radical (unpaired) electrons. The molecule has 0 saturated carbocycles. The second-order valence-corrected chi connectivity index (χ2v) is 7.98. The molecule has 30 heavy (non-hydrogen) atoms. The molecule has 4 aromatic rings. The first-order chi connectivity index (χ1) is 14.4. The molecular weight excluding hydrogens is 374 g/mol. The average Bonchev–Trinajstić information content (AvgIpc) is 3.04. The molecule has 0 atom stereocenters. The molecule has 1 aliphatic rings. The number of hydrogen-bond acceptors (Lipinski definition) is 4. The standard InChI is InChI=1S/C25H21N3O2/c1-25(2)23(24(29)30)26-28(22-14-12-18-8-4-6-10-20(18)16-22)27(25)21-13-11-17-7-3-5-9-19(17)15-21/h3-16H,1-2H3,(H,29,30). The zero-order chi connectivity index (χ0) is 20.9. The first kappa shape index (κ1) is 18.2. The summed E-state index contributed by atoms with van der Waals surface area (Å²) in [5.41, 5.74) is 0.960. The molecule has 1 N–H and O–H groups in total. The molecular formula is C25H21N3O2. The van der Waals surface area contributed by atoms with Gasteiger partial charge in [0, 0.05) is 0 Å². The van der Waals surface area contributed by atoms with Gasteiger partial charge in [-0.15, -0.1) is 5.10 Å². The van der Waals surface area contributed by atoms with Gasteiger partial charge in [0.1, 0.15) is 5.54 Å². The Labute approximate surface area is 174 Å². The number of carbonyl (C=O) groups is 1. The summed E-state index contributed by atoms with van der Waals surface area (Å²) in [6, 6.07) is 28.4. The third kappa shape index (κ3) is 2.78. The van der Waals surface area contributed by atoms with Crippen molar-refractivity contribution in [1.82, 2.24) is 0 Å². The van der Waals surface area contributed by atoms with Gasteiger partial charge >= 0.3 is 5.97 Å². The van der Waals surface area contributed by atoms with E-state index in [0.717, 1.165) is 32.9 Å². The third-order valence-electron chi connectivity index (χ3n) is 5.64. The van der Waals surface area contributed by atoms with Gasteiger partial charge in [0.25, 0.3) is 0 Å². The normalized spacial score (nSPS) is 15.6. The van der Waals surface area contributed by atoms with Crippen LogP contribution < -0.4 is 10.1 Å². The number of carboxylic acid groups (broad SMARTS) is 1. The lowest BCUT2D eigenvalue weighted by Gasteiger charge is -2.38. The average molecular weight is 395 g/mol. The van der Waals surface area contributed by atoms with E-state index in [1.807, 2.05) is 73.5 Å². The maximum Gasteiger partial charge on any atom is 0.354 e. The largest absolute Gasteiger partial charge is 0.477 e. The summed E-state index contributed by atoms with van der Waals surface area (Å²) in [5, 5.41) is 22.5. The SMILES string of the molecule is CC1(C)C(C(=O)O)=NN(c2ccc3ccccc3c2)N1c1ccc2ccccc2c1. The Hall–Kier alpha value is -3.86. The molecule has 0 aromatic heterocycles. The molecule has 0 saturated heterocycles. The lowest BCUT2D eigenvalue weighted by atomic mass is 9.97. The van der Waals surface area contributed by atoms with Crippen LogP contribution in [0.25, 0.3) is 21.5 Å². The number of benzene rings is 4. The van der Waals surface area contributed by atoms with Gasteiger partial charge < -0.3 is 5.11 Å². The number of carboxylic acids is 1. The van der Waals surface area contributed by atoms with E-state index in [1.54, 1.807) is 5.12 Å². The van der Waals surface area contributed by atoms with Crippen LogP contribution in [0.5, 0.6) is 0 Å². The topological polar surface area (TPSA) is 56.1 Å². The van der Waals surface area contributed by atoms with Gasteiger partial charge in [-0.2, -0.15) is 5.12 Å². The monoisotopic (exact) mass is 395 g/mol. The molecule has 1 aliphatic heterocycles. The predicted molar refractivity (Wildman–Crippen MR) is 122 cm³/mol. The predicted octanol–water partition coefficient (Wildman–Crippen LogP) is 5.45. The highest BCUT2D eigenvalue weighted by atomic mass is 16.4. The zero-order valence-corrected chi connectivity index (χ0v) is 16.8. The van der Waals surface area contributed by atoms with Crippen molar-refractivity contribution in [3.8, 4) is 0 Å². The van der Waals surface area contributed by atoms with E-state index in [-0.39, 0.29) is 5.71 Å². The van der Waals surface area contributed by atoms with Gasteiger partial charge in [0.2, 0.25) is 0 Å². The van der Waals surface area contributed by atoms with Crippen LogP contribution in [0, 0.1) is 0 Å². The number of hydrazine groups is 1. The van der Waals surface area contributed by atoms with Crippen LogP contribution in [0.1, 0.15) is 13.8 Å². The molecule has 5 rings (SSSR count). The molecule has 5 nitrogen and oxygen atoms in total. The fourth-order valence-corrected chi connectivity index (χ4v) is 4.12. The Kier molecular flexibility index (Phi) is 4.00. The lowest BCUT2D eigenvalue weighted by molar-refractivity contribution is -0.129. The van der Waals surface area contributed by atoms with Crippen molar-refractivity contribution < 1.29 is 9.90 Å². The second kappa shape index (κ2) is 6.59. The highest BCUT2D eigenvalue weighted by molar-refractivity contribution is 6.41. The number of anilines is 2. The maximum atomic E-state index is 12.0. The van der Waals surface area contributed by atoms with Crippen LogP contribution >= 0.6 is 0 Å². The molecule has 148 valence electrons. The van der Waals surface area contributed by atoms with Crippen LogP contribution in [-0.4, -0.2) is 22.3 Å². The number of rotatable bonds is 3. The third-order valence-corrected chi connectivity index (χ3v) is 5.64. The molecule has 1 heterocycles. The van der Waals surface area contributed by atoms with Crippen molar-refractivity contribution in [2.24, 2.45) is 5.10 Å². The molecule has 0 spiro atoms. The first-order valence-corrected chi connectivity index (χ1v) is 9.85. The quantitative estimate of drug-likeness (QED) is 0.501. The lowest BCUT2D eigenvalue weighted by Crippen LogP contribution is -2.52. The Bertz CT molecular complexity index is 1330. The zero-order valence-electron chi connectivity index (χ0n) is 16.8. The van der Waals surface area contributed by atoms with Crippen molar-refractivity contribution >= 4 is 44.6 Å². The van der Waals surface area contributed by atoms with Crippen molar-refractivity contribution in [2.75, 3.05) is 10.1 Å². The number of fused-ring (bicyclic) bond motifs is 2. The van der Waals surface area contributed by atoms with Gasteiger partial charge in [-0.25, -0.2) is 4.79 Å². The van der Waals surface area contributed by atoms with Crippen molar-refractivity contribution in [2.45, 2.75) is 19.4 Å². The molecule has 0 aliphatic carbocycles. The summed E-state index contributed by atoms with van der Waals surface area (Å²) in [5.74, 6) is -1.02. The number of nitrogens with zero attached hydrogens (tertiary/aromatic N) is 3. The van der Waals surface area contributed by atoms with Crippen molar-refractivity contribution in [1.29, 1.82) is 0 Å². The van der Waals surface area contributed by atoms with Gasteiger partial charge in [-0.05, 0) is 59.7 Å². The number of hydrogen-bond donors (Lipinski definition) is 1. The Morgan fingerprint density at radius 2 is 1.27 bits per heavy atom. The van der Waals surface area contributed by atoms with Crippen LogP contribution in [0.15, 0.2) is 90.0 Å². The van der Waals surface area contributed by atoms with Crippen molar-refractivity contribution in [3.05, 3.63) is 84.9 Å². The molecule has 0 amide bonds. The molecule has 0 unspecified atom stereocenters. The summed E-state index contributed by atoms with van der Waals surface area (Å²) in [6.07, 6.45) is 0. The van der Waals surface area contributed by atoms with E-state index in [4.69, 9.17) is 0 Å².